The number of hydrogen-bond acceptors (Lipinski definition) is 7. The number of pyridine rings is 1. The number of nitrogens with zero attached hydrogens (tertiary/aromatic N) is 4. The topological polar surface area (TPSA) is 107 Å². The van der Waals surface area contributed by atoms with Gasteiger partial charge in [-0.15, -0.1) is 16.4 Å². The Labute approximate surface area is 204 Å². The molecule has 0 fully saturated rings. The smallest absolute Gasteiger partial charge is 0.255 e. The largest absolute Gasteiger partial charge is 0.396 e. The second-order valence-corrected chi connectivity index (χ2v) is 9.26. The van der Waals surface area contributed by atoms with Crippen molar-refractivity contribution in [3.63, 3.8) is 0 Å². The summed E-state index contributed by atoms with van der Waals surface area (Å²) in [6.45, 7) is -0.101. The first-order valence-electron chi connectivity index (χ1n) is 10.6. The van der Waals surface area contributed by atoms with E-state index in [9.17, 15) is 14.4 Å². The van der Waals surface area contributed by atoms with Gasteiger partial charge in [0.25, 0.3) is 5.56 Å². The predicted molar refractivity (Wildman–Crippen MR) is 130 cm³/mol. The van der Waals surface area contributed by atoms with Crippen molar-refractivity contribution in [1.82, 2.24) is 19.6 Å². The Morgan fingerprint density at radius 1 is 1.06 bits per heavy atom. The van der Waals surface area contributed by atoms with Crippen molar-refractivity contribution in [3.8, 4) is 11.4 Å². The van der Waals surface area contributed by atoms with Gasteiger partial charge in [0.05, 0.1) is 26.8 Å². The first-order valence-corrected chi connectivity index (χ1v) is 11.8. The Balaban J connectivity index is 1.61. The second kappa shape index (κ2) is 10.7. The zero-order valence-corrected chi connectivity index (χ0v) is 19.6. The Hall–Kier alpha value is -3.40. The highest BCUT2D eigenvalue weighted by molar-refractivity contribution is 7.18. The summed E-state index contributed by atoms with van der Waals surface area (Å²) < 4.78 is 3.50. The van der Waals surface area contributed by atoms with E-state index in [1.165, 1.54) is 26.7 Å². The maximum atomic E-state index is 12.9. The van der Waals surface area contributed by atoms with E-state index in [1.807, 2.05) is 0 Å². The molecule has 0 bridgehead atoms. The lowest BCUT2D eigenvalue weighted by molar-refractivity contribution is 0.0968. The van der Waals surface area contributed by atoms with Crippen molar-refractivity contribution in [2.45, 2.75) is 25.7 Å². The summed E-state index contributed by atoms with van der Waals surface area (Å²) in [5.74, 6) is -0.208. The van der Waals surface area contributed by atoms with Crippen LogP contribution in [0.1, 0.15) is 45.0 Å². The summed E-state index contributed by atoms with van der Waals surface area (Å²) in [6.07, 6.45) is 4.43. The maximum absolute atomic E-state index is 12.9. The molecule has 0 aliphatic rings. The SMILES string of the molecule is O=C(CCc1cn(-c2ccc(-n3ccccc3=O)cc2C(=O)CCCO)nn1)c1ccc(Cl)s1. The molecule has 0 saturated carbocycles. The molecule has 10 heteroatoms. The van der Waals surface area contributed by atoms with Crippen molar-refractivity contribution in [2.24, 2.45) is 0 Å². The highest BCUT2D eigenvalue weighted by atomic mass is 35.5. The Bertz CT molecular complexity index is 1390. The van der Waals surface area contributed by atoms with Gasteiger partial charge in [-0.25, -0.2) is 4.68 Å². The Kier molecular flexibility index (Phi) is 7.46. The lowest BCUT2D eigenvalue weighted by Crippen LogP contribution is -2.17. The fraction of sp³-hybridized carbons (Fsp3) is 0.208. The highest BCUT2D eigenvalue weighted by Crippen LogP contribution is 2.24. The standard InChI is InChI=1S/C24H21ClN4O4S/c25-23-11-10-22(34-23)21(32)9-6-16-15-29(27-26-16)19-8-7-17(28-12-2-1-5-24(28)33)14-18(19)20(31)4-3-13-30/h1-2,5,7-8,10-12,14-15,30H,3-4,6,9,13H2. The van der Waals surface area contributed by atoms with E-state index in [0.29, 0.717) is 44.7 Å². The van der Waals surface area contributed by atoms with Crippen molar-refractivity contribution >= 4 is 34.5 Å². The second-order valence-electron chi connectivity index (χ2n) is 7.54. The van der Waals surface area contributed by atoms with Crippen LogP contribution in [0, 0.1) is 0 Å². The number of aliphatic hydroxyl groups excluding tert-OH is 1. The molecule has 0 spiro atoms. The minimum atomic E-state index is -0.219. The Morgan fingerprint density at radius 3 is 2.65 bits per heavy atom. The molecular weight excluding hydrogens is 476 g/mol. The molecule has 0 saturated heterocycles. The van der Waals surface area contributed by atoms with Crippen LogP contribution < -0.4 is 5.56 Å². The van der Waals surface area contributed by atoms with Crippen LogP contribution in [0.5, 0.6) is 0 Å². The highest BCUT2D eigenvalue weighted by Gasteiger charge is 2.17. The Morgan fingerprint density at radius 2 is 1.91 bits per heavy atom. The minimum Gasteiger partial charge on any atom is -0.396 e. The minimum absolute atomic E-state index is 0.0241. The van der Waals surface area contributed by atoms with E-state index < -0.39 is 0 Å². The number of carbonyl (C=O) groups excluding carboxylic acids is 2. The zero-order chi connectivity index (χ0) is 24.1. The number of aryl methyl sites for hydroxylation is 1. The first kappa shape index (κ1) is 23.7. The van der Waals surface area contributed by atoms with E-state index >= 15 is 0 Å². The van der Waals surface area contributed by atoms with Gasteiger partial charge in [0, 0.05) is 49.4 Å². The third kappa shape index (κ3) is 5.39. The van der Waals surface area contributed by atoms with Crippen molar-refractivity contribution in [2.75, 3.05) is 6.61 Å². The lowest BCUT2D eigenvalue weighted by Gasteiger charge is -2.12. The van der Waals surface area contributed by atoms with Crippen molar-refractivity contribution < 1.29 is 14.7 Å². The van der Waals surface area contributed by atoms with E-state index in [0.717, 1.165) is 0 Å². The molecule has 0 amide bonds. The average molecular weight is 497 g/mol. The molecular formula is C24H21ClN4O4S. The van der Waals surface area contributed by atoms with Gasteiger partial charge in [-0.1, -0.05) is 22.9 Å². The number of aromatic nitrogens is 4. The van der Waals surface area contributed by atoms with Gasteiger partial charge in [0.1, 0.15) is 0 Å². The van der Waals surface area contributed by atoms with Gasteiger partial charge in [0.2, 0.25) is 0 Å². The van der Waals surface area contributed by atoms with Crippen molar-refractivity contribution in [1.29, 1.82) is 0 Å². The molecule has 8 nitrogen and oxygen atoms in total. The number of rotatable bonds is 10. The number of thiophene rings is 1. The summed E-state index contributed by atoms with van der Waals surface area (Å²) in [6, 6.07) is 13.3. The van der Waals surface area contributed by atoms with Crippen LogP contribution in [0.3, 0.4) is 0 Å². The van der Waals surface area contributed by atoms with E-state index in [2.05, 4.69) is 10.3 Å². The summed E-state index contributed by atoms with van der Waals surface area (Å²) in [4.78, 5) is 38.1. The van der Waals surface area contributed by atoms with Crippen LogP contribution in [-0.4, -0.2) is 42.8 Å². The molecule has 0 aliphatic heterocycles. The first-order chi connectivity index (χ1) is 16.5. The van der Waals surface area contributed by atoms with Crippen LogP contribution in [0.15, 0.2) is 65.7 Å². The number of aliphatic hydroxyl groups is 1. The van der Waals surface area contributed by atoms with Gasteiger partial charge >= 0.3 is 0 Å². The number of halogens is 1. The fourth-order valence-electron chi connectivity index (χ4n) is 3.47. The number of carbonyl (C=O) groups is 2. The molecule has 0 radical (unpaired) electrons. The quantitative estimate of drug-likeness (QED) is 0.334. The summed E-state index contributed by atoms with van der Waals surface area (Å²) in [5.41, 5.74) is 1.80. The van der Waals surface area contributed by atoms with Gasteiger partial charge in [0.15, 0.2) is 11.6 Å². The summed E-state index contributed by atoms with van der Waals surface area (Å²) >= 11 is 7.14. The normalized spacial score (nSPS) is 11.0. The van der Waals surface area contributed by atoms with Gasteiger partial charge in [-0.3, -0.25) is 19.0 Å². The number of benzene rings is 1. The van der Waals surface area contributed by atoms with Gasteiger partial charge in [-0.2, -0.15) is 0 Å². The molecule has 0 aliphatic carbocycles. The average Bonchev–Trinajstić information content (AvgIpc) is 3.50. The molecule has 0 unspecified atom stereocenters. The third-order valence-corrected chi connectivity index (χ3v) is 6.46. The van der Waals surface area contributed by atoms with Crippen LogP contribution in [-0.2, 0) is 6.42 Å². The molecule has 1 N–H and O–H groups in total. The van der Waals surface area contributed by atoms with Crippen LogP contribution in [0.4, 0.5) is 0 Å². The van der Waals surface area contributed by atoms with E-state index in [4.69, 9.17) is 16.7 Å². The van der Waals surface area contributed by atoms with Gasteiger partial charge in [-0.05, 0) is 42.8 Å². The van der Waals surface area contributed by atoms with Crippen LogP contribution >= 0.6 is 22.9 Å². The van der Waals surface area contributed by atoms with Gasteiger partial charge < -0.3 is 5.11 Å². The molecule has 34 heavy (non-hydrogen) atoms. The third-order valence-electron chi connectivity index (χ3n) is 5.19. The predicted octanol–water partition coefficient (Wildman–Crippen LogP) is 3.90. The molecule has 4 aromatic rings. The molecule has 174 valence electrons. The molecule has 1 aromatic carbocycles. The molecule has 4 rings (SSSR count). The molecule has 3 heterocycles. The summed E-state index contributed by atoms with van der Waals surface area (Å²) in [7, 11) is 0. The lowest BCUT2D eigenvalue weighted by atomic mass is 10.0. The molecule has 0 atom stereocenters. The van der Waals surface area contributed by atoms with Crippen molar-refractivity contribution in [3.05, 3.63) is 91.7 Å². The van der Waals surface area contributed by atoms with Crippen LogP contribution in [0.2, 0.25) is 4.34 Å². The number of Topliss-reactive ketones (excluding diaryl/α,β-unsaturated/α-hetero) is 2. The number of ketones is 2. The maximum Gasteiger partial charge on any atom is 0.255 e. The van der Waals surface area contributed by atoms with Crippen LogP contribution in [0.25, 0.3) is 11.4 Å². The van der Waals surface area contributed by atoms with E-state index in [1.54, 1.807) is 54.9 Å². The monoisotopic (exact) mass is 496 g/mol. The summed E-state index contributed by atoms with van der Waals surface area (Å²) in [5, 5.41) is 17.5. The van der Waals surface area contributed by atoms with E-state index in [-0.39, 0.29) is 36.6 Å². The fourth-order valence-corrected chi connectivity index (χ4v) is 4.48. The number of hydrogen-bond donors (Lipinski definition) is 1. The zero-order valence-electron chi connectivity index (χ0n) is 18.1. The molecule has 3 aromatic heterocycles.